The van der Waals surface area contributed by atoms with Crippen LogP contribution in [0.3, 0.4) is 0 Å². The van der Waals surface area contributed by atoms with E-state index in [-0.39, 0.29) is 17.9 Å². The lowest BCUT2D eigenvalue weighted by Gasteiger charge is -2.14. The van der Waals surface area contributed by atoms with Gasteiger partial charge in [0, 0.05) is 0 Å². The molecule has 0 heterocycles. The molecule has 0 aliphatic rings. The van der Waals surface area contributed by atoms with E-state index in [0.717, 1.165) is 0 Å². The summed E-state index contributed by atoms with van der Waals surface area (Å²) in [5, 5.41) is -1.22. The number of ether oxygens (including phenoxy) is 1. The Balaban J connectivity index is 3.12. The van der Waals surface area contributed by atoms with Gasteiger partial charge in [-0.25, -0.2) is 8.42 Å². The molecule has 4 nitrogen and oxygen atoms in total. The average molecular weight is 268 g/mol. The van der Waals surface area contributed by atoms with Crippen molar-refractivity contribution in [1.29, 1.82) is 0 Å². The van der Waals surface area contributed by atoms with Crippen molar-refractivity contribution >= 4 is 15.8 Å². The fourth-order valence-electron chi connectivity index (χ4n) is 1.51. The van der Waals surface area contributed by atoms with Gasteiger partial charge in [0.1, 0.15) is 0 Å². The highest BCUT2D eigenvalue weighted by Gasteiger charge is 2.33. The Kier molecular flexibility index (Phi) is 5.09. The Labute approximate surface area is 107 Å². The second-order valence-corrected chi connectivity index (χ2v) is 5.75. The molecule has 0 spiro atoms. The third-order valence-electron chi connectivity index (χ3n) is 2.38. The minimum absolute atomic E-state index is 0.0378. The minimum Gasteiger partial charge on any atom is -0.465 e. The van der Waals surface area contributed by atoms with Crippen LogP contribution in [0.4, 0.5) is 0 Å². The predicted octanol–water partition coefficient (Wildman–Crippen LogP) is 1.97. The van der Waals surface area contributed by atoms with Crippen LogP contribution in [-0.4, -0.2) is 26.2 Å². The number of esters is 1. The van der Waals surface area contributed by atoms with E-state index in [0.29, 0.717) is 0 Å². The van der Waals surface area contributed by atoms with E-state index in [1.165, 1.54) is 18.2 Å². The van der Waals surface area contributed by atoms with Crippen LogP contribution in [0.2, 0.25) is 0 Å². The second kappa shape index (κ2) is 6.35. The number of allylic oxidation sites excluding steroid dienone is 1. The highest BCUT2D eigenvalue weighted by molar-refractivity contribution is 7.92. The summed E-state index contributed by atoms with van der Waals surface area (Å²) < 4.78 is 29.4. The zero-order valence-corrected chi connectivity index (χ0v) is 11.0. The lowest BCUT2D eigenvalue weighted by atomic mass is 10.3. The molecule has 0 aliphatic carbocycles. The molecule has 5 heteroatoms. The molecule has 0 saturated carbocycles. The van der Waals surface area contributed by atoms with Crippen LogP contribution < -0.4 is 0 Å². The van der Waals surface area contributed by atoms with Gasteiger partial charge in [-0.2, -0.15) is 0 Å². The van der Waals surface area contributed by atoms with Crippen molar-refractivity contribution in [2.24, 2.45) is 0 Å². The fourth-order valence-corrected chi connectivity index (χ4v) is 3.09. The monoisotopic (exact) mass is 268 g/mol. The SMILES string of the molecule is C=CCC(C(=O)OCC)S(=O)(=O)c1ccccc1. The fraction of sp³-hybridized carbons (Fsp3) is 0.308. The van der Waals surface area contributed by atoms with Crippen LogP contribution in [-0.2, 0) is 19.4 Å². The second-order valence-electron chi connectivity index (χ2n) is 3.62. The molecule has 1 rings (SSSR count). The summed E-state index contributed by atoms with van der Waals surface area (Å²) in [5.41, 5.74) is 0. The quantitative estimate of drug-likeness (QED) is 0.584. The summed E-state index contributed by atoms with van der Waals surface area (Å²) >= 11 is 0. The van der Waals surface area contributed by atoms with Crippen molar-refractivity contribution in [2.75, 3.05) is 6.61 Å². The van der Waals surface area contributed by atoms with Crippen molar-refractivity contribution in [2.45, 2.75) is 23.5 Å². The molecule has 0 aliphatic heterocycles. The van der Waals surface area contributed by atoms with Crippen LogP contribution in [0.1, 0.15) is 13.3 Å². The Hall–Kier alpha value is -1.62. The molecule has 0 fully saturated rings. The van der Waals surface area contributed by atoms with Crippen molar-refractivity contribution < 1.29 is 17.9 Å². The van der Waals surface area contributed by atoms with Gasteiger partial charge in [0.15, 0.2) is 15.1 Å². The highest BCUT2D eigenvalue weighted by atomic mass is 32.2. The van der Waals surface area contributed by atoms with Gasteiger partial charge < -0.3 is 4.74 Å². The highest BCUT2D eigenvalue weighted by Crippen LogP contribution is 2.19. The van der Waals surface area contributed by atoms with Gasteiger partial charge in [-0.1, -0.05) is 24.3 Å². The maximum absolute atomic E-state index is 12.3. The zero-order chi connectivity index (χ0) is 13.6. The van der Waals surface area contributed by atoms with Crippen LogP contribution in [0.25, 0.3) is 0 Å². The Morgan fingerprint density at radius 3 is 2.50 bits per heavy atom. The average Bonchev–Trinajstić information content (AvgIpc) is 2.37. The van der Waals surface area contributed by atoms with Gasteiger partial charge in [0.25, 0.3) is 0 Å². The number of sulfone groups is 1. The lowest BCUT2D eigenvalue weighted by molar-refractivity contribution is -0.142. The van der Waals surface area contributed by atoms with Crippen molar-refractivity contribution in [1.82, 2.24) is 0 Å². The van der Waals surface area contributed by atoms with E-state index in [9.17, 15) is 13.2 Å². The Bertz CT molecular complexity index is 505. The van der Waals surface area contributed by atoms with Gasteiger partial charge in [0.2, 0.25) is 0 Å². The van der Waals surface area contributed by atoms with Crippen molar-refractivity contribution in [3.8, 4) is 0 Å². The van der Waals surface area contributed by atoms with Gasteiger partial charge in [-0.3, -0.25) is 4.79 Å². The van der Waals surface area contributed by atoms with Gasteiger partial charge >= 0.3 is 5.97 Å². The molecule has 0 saturated heterocycles. The summed E-state index contributed by atoms with van der Waals surface area (Å²) in [6.07, 6.45) is 1.44. The van der Waals surface area contributed by atoms with E-state index >= 15 is 0 Å². The smallest absolute Gasteiger partial charge is 0.325 e. The van der Waals surface area contributed by atoms with Gasteiger partial charge in [0.05, 0.1) is 11.5 Å². The summed E-state index contributed by atoms with van der Waals surface area (Å²) in [6.45, 7) is 5.26. The van der Waals surface area contributed by atoms with E-state index in [1.807, 2.05) is 0 Å². The summed E-state index contributed by atoms with van der Waals surface area (Å²) in [6, 6.07) is 7.87. The van der Waals surface area contributed by atoms with Gasteiger partial charge in [-0.15, -0.1) is 6.58 Å². The molecule has 98 valence electrons. The number of hydrogen-bond acceptors (Lipinski definition) is 4. The third-order valence-corrected chi connectivity index (χ3v) is 4.44. The molecule has 0 radical (unpaired) electrons. The minimum atomic E-state index is -3.73. The lowest BCUT2D eigenvalue weighted by Crippen LogP contribution is -2.31. The molecular weight excluding hydrogens is 252 g/mol. The topological polar surface area (TPSA) is 60.4 Å². The zero-order valence-electron chi connectivity index (χ0n) is 10.2. The number of carbonyl (C=O) groups excluding carboxylic acids is 1. The first-order chi connectivity index (χ1) is 8.54. The van der Waals surface area contributed by atoms with Crippen LogP contribution in [0, 0.1) is 0 Å². The van der Waals surface area contributed by atoms with Gasteiger partial charge in [-0.05, 0) is 25.5 Å². The molecule has 0 bridgehead atoms. The first-order valence-corrected chi connectivity index (χ1v) is 7.15. The maximum atomic E-state index is 12.3. The van der Waals surface area contributed by atoms with Crippen molar-refractivity contribution in [3.63, 3.8) is 0 Å². The number of carbonyl (C=O) groups is 1. The van der Waals surface area contributed by atoms with Crippen LogP contribution >= 0.6 is 0 Å². The molecule has 1 aromatic rings. The maximum Gasteiger partial charge on any atom is 0.325 e. The van der Waals surface area contributed by atoms with E-state index < -0.39 is 21.1 Å². The molecule has 1 unspecified atom stereocenters. The predicted molar refractivity (Wildman–Crippen MR) is 68.9 cm³/mol. The summed E-state index contributed by atoms with van der Waals surface area (Å²) in [5.74, 6) is -0.735. The molecular formula is C13H16O4S. The van der Waals surface area contributed by atoms with Crippen LogP contribution in [0.15, 0.2) is 47.9 Å². The molecule has 1 atom stereocenters. The van der Waals surface area contributed by atoms with Crippen LogP contribution in [0.5, 0.6) is 0 Å². The summed E-state index contributed by atoms with van der Waals surface area (Å²) in [7, 11) is -3.73. The first kappa shape index (κ1) is 14.4. The van der Waals surface area contributed by atoms with E-state index in [2.05, 4.69) is 6.58 Å². The third kappa shape index (κ3) is 3.20. The Morgan fingerprint density at radius 2 is 2.00 bits per heavy atom. The van der Waals surface area contributed by atoms with E-state index in [1.54, 1.807) is 25.1 Å². The number of hydrogen-bond donors (Lipinski definition) is 0. The molecule has 0 amide bonds. The standard InChI is InChI=1S/C13H16O4S/c1-3-8-12(13(14)17-4-2)18(15,16)11-9-6-5-7-10-11/h3,5-7,9-10,12H,1,4,8H2,2H3. The number of rotatable bonds is 6. The summed E-state index contributed by atoms with van der Waals surface area (Å²) in [4.78, 5) is 11.8. The molecule has 0 aromatic heterocycles. The molecule has 1 aromatic carbocycles. The number of benzene rings is 1. The Morgan fingerprint density at radius 1 is 1.39 bits per heavy atom. The molecule has 18 heavy (non-hydrogen) atoms. The van der Waals surface area contributed by atoms with Crippen molar-refractivity contribution in [3.05, 3.63) is 43.0 Å². The molecule has 0 N–H and O–H groups in total. The van der Waals surface area contributed by atoms with E-state index in [4.69, 9.17) is 4.74 Å². The normalized spacial score (nSPS) is 12.7. The first-order valence-electron chi connectivity index (χ1n) is 5.60. The largest absolute Gasteiger partial charge is 0.465 e.